The van der Waals surface area contributed by atoms with Crippen molar-refractivity contribution < 1.29 is 28.6 Å². The van der Waals surface area contributed by atoms with E-state index in [9.17, 15) is 14.4 Å². The first-order valence-electron chi connectivity index (χ1n) is 34.1. The number of ether oxygens (including phenoxy) is 3. The Morgan fingerprint density at radius 2 is 0.506 bits per heavy atom. The third kappa shape index (κ3) is 64.1. The molecule has 0 bridgehead atoms. The van der Waals surface area contributed by atoms with Crippen molar-refractivity contribution in [1.29, 1.82) is 0 Å². The van der Waals surface area contributed by atoms with E-state index in [2.05, 4.69) is 69.4 Å². The average molecular weight is 1080 g/mol. The minimum Gasteiger partial charge on any atom is -0.462 e. The Kier molecular flexibility index (Phi) is 63.6. The minimum absolute atomic E-state index is 0.0781. The summed E-state index contributed by atoms with van der Waals surface area (Å²) in [6.07, 6.45) is 82.8. The van der Waals surface area contributed by atoms with Gasteiger partial charge in [-0.15, -0.1) is 0 Å². The van der Waals surface area contributed by atoms with Gasteiger partial charge in [0.1, 0.15) is 13.2 Å². The highest BCUT2D eigenvalue weighted by molar-refractivity contribution is 5.71. The predicted octanol–water partition coefficient (Wildman–Crippen LogP) is 23.3. The molecule has 0 aliphatic heterocycles. The van der Waals surface area contributed by atoms with Crippen LogP contribution in [0.15, 0.2) is 48.6 Å². The highest BCUT2D eigenvalue weighted by atomic mass is 16.6. The molecule has 0 aliphatic carbocycles. The number of hydrogen-bond donors (Lipinski definition) is 0. The lowest BCUT2D eigenvalue weighted by atomic mass is 10.0. The first kappa shape index (κ1) is 74.4. The highest BCUT2D eigenvalue weighted by Gasteiger charge is 2.19. The van der Waals surface area contributed by atoms with Crippen LogP contribution in [0.5, 0.6) is 0 Å². The van der Waals surface area contributed by atoms with Crippen molar-refractivity contribution in [2.45, 2.75) is 374 Å². The van der Waals surface area contributed by atoms with Gasteiger partial charge in [-0.2, -0.15) is 0 Å². The van der Waals surface area contributed by atoms with Crippen molar-refractivity contribution in [3.63, 3.8) is 0 Å². The van der Waals surface area contributed by atoms with E-state index in [4.69, 9.17) is 14.2 Å². The molecule has 0 aromatic rings. The van der Waals surface area contributed by atoms with Gasteiger partial charge in [0.25, 0.3) is 0 Å². The third-order valence-electron chi connectivity index (χ3n) is 15.3. The van der Waals surface area contributed by atoms with Crippen molar-refractivity contribution >= 4 is 17.9 Å². The highest BCUT2D eigenvalue weighted by Crippen LogP contribution is 2.18. The molecule has 6 nitrogen and oxygen atoms in total. The van der Waals surface area contributed by atoms with E-state index in [1.165, 1.54) is 231 Å². The molecule has 0 aliphatic rings. The van der Waals surface area contributed by atoms with Crippen LogP contribution in [-0.4, -0.2) is 37.2 Å². The first-order valence-corrected chi connectivity index (χ1v) is 34.1. The summed E-state index contributed by atoms with van der Waals surface area (Å²) in [7, 11) is 0. The quantitative estimate of drug-likeness (QED) is 0.0261. The molecule has 1 unspecified atom stereocenters. The number of hydrogen-bond acceptors (Lipinski definition) is 6. The van der Waals surface area contributed by atoms with Crippen molar-refractivity contribution in [2.24, 2.45) is 0 Å². The molecule has 0 heterocycles. The van der Waals surface area contributed by atoms with Gasteiger partial charge in [0.2, 0.25) is 0 Å². The summed E-state index contributed by atoms with van der Waals surface area (Å²) < 4.78 is 17.0. The summed E-state index contributed by atoms with van der Waals surface area (Å²) in [5.74, 6) is -0.876. The number of carbonyl (C=O) groups excluding carboxylic acids is 3. The van der Waals surface area contributed by atoms with Gasteiger partial charge < -0.3 is 14.2 Å². The smallest absolute Gasteiger partial charge is 0.306 e. The summed E-state index contributed by atoms with van der Waals surface area (Å²) in [5, 5.41) is 0. The van der Waals surface area contributed by atoms with Crippen LogP contribution in [0.4, 0.5) is 0 Å². The van der Waals surface area contributed by atoms with Gasteiger partial charge in [0.05, 0.1) is 0 Å². The Morgan fingerprint density at radius 1 is 0.273 bits per heavy atom. The van der Waals surface area contributed by atoms with E-state index in [0.29, 0.717) is 19.3 Å². The molecule has 450 valence electrons. The van der Waals surface area contributed by atoms with E-state index in [0.717, 1.165) is 96.3 Å². The lowest BCUT2D eigenvalue weighted by Gasteiger charge is -2.18. The largest absolute Gasteiger partial charge is 0.462 e. The normalized spacial score (nSPS) is 12.3. The van der Waals surface area contributed by atoms with E-state index in [-0.39, 0.29) is 31.1 Å². The van der Waals surface area contributed by atoms with E-state index in [1.54, 1.807) is 0 Å². The van der Waals surface area contributed by atoms with Gasteiger partial charge in [-0.25, -0.2) is 0 Å². The van der Waals surface area contributed by atoms with E-state index < -0.39 is 6.10 Å². The SMILES string of the molecule is CC/C=C\C/C=C\C/C=C\C/C=C\CCCCCCC(=O)OC(COC(=O)CCCCCCCCCCCCCCCCCC)COC(=O)CCCCCCCCCCCCCCCCCCCCCCCCCCCC. The average Bonchev–Trinajstić information content (AvgIpc) is 3.43. The van der Waals surface area contributed by atoms with Crippen molar-refractivity contribution in [3.05, 3.63) is 48.6 Å². The summed E-state index contributed by atoms with van der Waals surface area (Å²) in [4.78, 5) is 38.4. The van der Waals surface area contributed by atoms with Gasteiger partial charge >= 0.3 is 17.9 Å². The van der Waals surface area contributed by atoms with Gasteiger partial charge in [-0.1, -0.05) is 339 Å². The zero-order valence-electron chi connectivity index (χ0n) is 51.7. The molecule has 0 aromatic carbocycles. The number of esters is 3. The van der Waals surface area contributed by atoms with Crippen molar-refractivity contribution in [1.82, 2.24) is 0 Å². The standard InChI is InChI=1S/C71H130O6/c1-4-7-10-13-16-19-22-25-28-31-32-33-34-35-36-37-38-39-41-43-46-49-52-55-58-61-64-70(73)76-67-68(66-75-69(72)63-60-57-54-51-48-45-42-30-27-24-21-18-15-12-9-6-3)77-71(74)65-62-59-56-53-50-47-44-40-29-26-23-20-17-14-11-8-5-2/h8,11,17,20,26,29,44,47,68H,4-7,9-10,12-16,18-19,21-25,27-28,30-43,45-46,48-67H2,1-3H3/b11-8-,20-17-,29-26-,47-44-. The predicted molar refractivity (Wildman–Crippen MR) is 335 cm³/mol. The lowest BCUT2D eigenvalue weighted by Crippen LogP contribution is -2.30. The van der Waals surface area contributed by atoms with Crippen LogP contribution in [-0.2, 0) is 28.6 Å². The Labute approximate surface area is 479 Å². The summed E-state index contributed by atoms with van der Waals surface area (Å²) in [5.41, 5.74) is 0. The van der Waals surface area contributed by atoms with E-state index in [1.807, 2.05) is 0 Å². The summed E-state index contributed by atoms with van der Waals surface area (Å²) in [6.45, 7) is 6.58. The number of allylic oxidation sites excluding steroid dienone is 8. The lowest BCUT2D eigenvalue weighted by molar-refractivity contribution is -0.167. The molecular weight excluding hydrogens is 949 g/mol. The van der Waals surface area contributed by atoms with Gasteiger partial charge in [-0.05, 0) is 57.8 Å². The van der Waals surface area contributed by atoms with Gasteiger partial charge in [0, 0.05) is 19.3 Å². The van der Waals surface area contributed by atoms with E-state index >= 15 is 0 Å². The molecule has 0 saturated carbocycles. The maximum absolute atomic E-state index is 12.9. The van der Waals surface area contributed by atoms with Crippen LogP contribution in [0.3, 0.4) is 0 Å². The first-order chi connectivity index (χ1) is 38.0. The molecular formula is C71H130O6. The third-order valence-corrected chi connectivity index (χ3v) is 15.3. The molecule has 6 heteroatoms. The van der Waals surface area contributed by atoms with Crippen LogP contribution >= 0.6 is 0 Å². The second-order valence-corrected chi connectivity index (χ2v) is 23.1. The molecule has 77 heavy (non-hydrogen) atoms. The molecule has 0 fully saturated rings. The fraction of sp³-hybridized carbons (Fsp3) is 0.845. The van der Waals surface area contributed by atoms with Crippen molar-refractivity contribution in [3.8, 4) is 0 Å². The maximum atomic E-state index is 12.9. The Morgan fingerprint density at radius 3 is 0.792 bits per heavy atom. The second kappa shape index (κ2) is 65.9. The Bertz CT molecular complexity index is 1330. The molecule has 0 spiro atoms. The van der Waals surface area contributed by atoms with Crippen LogP contribution in [0.1, 0.15) is 367 Å². The topological polar surface area (TPSA) is 78.9 Å². The molecule has 0 aromatic heterocycles. The fourth-order valence-electron chi connectivity index (χ4n) is 10.3. The maximum Gasteiger partial charge on any atom is 0.306 e. The minimum atomic E-state index is -0.784. The molecule has 0 rings (SSSR count). The Hall–Kier alpha value is -2.63. The summed E-state index contributed by atoms with van der Waals surface area (Å²) >= 11 is 0. The van der Waals surface area contributed by atoms with Crippen molar-refractivity contribution in [2.75, 3.05) is 13.2 Å². The van der Waals surface area contributed by atoms with Gasteiger partial charge in [-0.3, -0.25) is 14.4 Å². The molecule has 0 radical (unpaired) electrons. The Balaban J connectivity index is 4.27. The fourth-order valence-corrected chi connectivity index (χ4v) is 10.3. The molecule has 0 N–H and O–H groups in total. The van der Waals surface area contributed by atoms with Crippen LogP contribution in [0, 0.1) is 0 Å². The van der Waals surface area contributed by atoms with Crippen LogP contribution in [0.2, 0.25) is 0 Å². The van der Waals surface area contributed by atoms with Crippen LogP contribution < -0.4 is 0 Å². The monoisotopic (exact) mass is 1080 g/mol. The number of carbonyl (C=O) groups is 3. The van der Waals surface area contributed by atoms with Gasteiger partial charge in [0.15, 0.2) is 6.10 Å². The zero-order valence-corrected chi connectivity index (χ0v) is 51.7. The summed E-state index contributed by atoms with van der Waals surface area (Å²) in [6, 6.07) is 0. The molecule has 0 amide bonds. The number of unbranched alkanes of at least 4 members (excludes halogenated alkanes) is 44. The second-order valence-electron chi connectivity index (χ2n) is 23.1. The number of rotatable bonds is 63. The molecule has 0 saturated heterocycles. The molecule has 1 atom stereocenters. The van der Waals surface area contributed by atoms with Crippen LogP contribution in [0.25, 0.3) is 0 Å². The zero-order chi connectivity index (χ0) is 55.7.